The molecule has 0 aromatic heterocycles. The highest BCUT2D eigenvalue weighted by Gasteiger charge is 2.03. The fraction of sp³-hybridized carbons (Fsp3) is 0. The van der Waals surface area contributed by atoms with Crippen LogP contribution in [-0.2, 0) is 14.6 Å². The molecule has 12 nitrogen and oxygen atoms in total. The van der Waals surface area contributed by atoms with Crippen molar-refractivity contribution in [1.29, 1.82) is 0 Å². The smallest absolute Gasteiger partial charge is 0.448 e. The normalized spacial score (nSPS) is 7.00. The molecule has 0 aliphatic rings. The van der Waals surface area contributed by atoms with Crippen molar-refractivity contribution in [2.24, 2.45) is 0 Å². The third-order valence-electron chi connectivity index (χ3n) is 0.250. The summed E-state index contributed by atoms with van der Waals surface area (Å²) in [5.74, 6) is 0. The number of hydrogen-bond acceptors (Lipinski definition) is 10. The second-order valence-corrected chi connectivity index (χ2v) is 1.15. The summed E-state index contributed by atoms with van der Waals surface area (Å²) in [6.07, 6.45) is -3.38. The molecule has 0 aliphatic carbocycles. The zero-order valence-electron chi connectivity index (χ0n) is 6.75. The molecular formula is C2H7BO12. The van der Waals surface area contributed by atoms with Crippen LogP contribution in [0.1, 0.15) is 0 Å². The predicted octanol–water partition coefficient (Wildman–Crippen LogP) is -1.25. The predicted molar refractivity (Wildman–Crippen MR) is 37.4 cm³/mol. The van der Waals surface area contributed by atoms with Gasteiger partial charge < -0.3 is 20.3 Å². The summed E-state index contributed by atoms with van der Waals surface area (Å²) in [4.78, 5) is 26.0. The summed E-state index contributed by atoms with van der Waals surface area (Å²) >= 11 is 0. The summed E-state index contributed by atoms with van der Waals surface area (Å²) in [7, 11) is -2.06. The summed E-state index contributed by atoms with van der Waals surface area (Å²) < 4.78 is 0. The molecule has 13 heteroatoms. The van der Waals surface area contributed by atoms with Gasteiger partial charge in [0.2, 0.25) is 0 Å². The lowest BCUT2D eigenvalue weighted by atomic mass is 10.3. The van der Waals surface area contributed by atoms with Crippen molar-refractivity contribution < 1.29 is 60.2 Å². The van der Waals surface area contributed by atoms with Crippen LogP contribution < -0.4 is 0 Å². The third kappa shape index (κ3) is 69.7. The molecule has 0 amide bonds. The van der Waals surface area contributed by atoms with Gasteiger partial charge in [-0.25, -0.2) is 14.4 Å². The van der Waals surface area contributed by atoms with Crippen molar-refractivity contribution >= 4 is 19.6 Å². The van der Waals surface area contributed by atoms with Gasteiger partial charge in [0.25, 0.3) is 0 Å². The van der Waals surface area contributed by atoms with Gasteiger partial charge in [-0.1, -0.05) is 0 Å². The van der Waals surface area contributed by atoms with Gasteiger partial charge in [-0.3, -0.25) is 15.0 Å². The van der Waals surface area contributed by atoms with Crippen molar-refractivity contribution in [3.8, 4) is 0 Å². The Hall–Kier alpha value is -1.64. The van der Waals surface area contributed by atoms with Crippen molar-refractivity contribution in [1.82, 2.24) is 0 Å². The fourth-order valence-corrected chi connectivity index (χ4v) is 0. The van der Waals surface area contributed by atoms with Crippen LogP contribution >= 0.6 is 0 Å². The van der Waals surface area contributed by atoms with E-state index in [0.29, 0.717) is 0 Å². The van der Waals surface area contributed by atoms with E-state index < -0.39 is 19.6 Å². The minimum Gasteiger partial charge on any atom is -0.448 e. The number of rotatable bonds is 1. The summed E-state index contributed by atoms with van der Waals surface area (Å²) in [6.45, 7) is 0. The molecule has 0 aromatic rings. The van der Waals surface area contributed by atoms with Gasteiger partial charge in [0.15, 0.2) is 0 Å². The maximum atomic E-state index is 8.90. The molecule has 0 saturated carbocycles. The molecule has 0 aromatic carbocycles. The highest BCUT2D eigenvalue weighted by Crippen LogP contribution is 1.60. The van der Waals surface area contributed by atoms with Crippen molar-refractivity contribution in [2.75, 3.05) is 0 Å². The SMILES string of the molecule is O=C(O)OO.O=C(O)OO.OOB(O)O. The Kier molecular flexibility index (Phi) is 18.9. The van der Waals surface area contributed by atoms with Crippen LogP contribution in [0.15, 0.2) is 0 Å². The molecule has 0 aliphatic heterocycles. The Morgan fingerprint density at radius 3 is 1.00 bits per heavy atom. The van der Waals surface area contributed by atoms with E-state index in [1.807, 2.05) is 0 Å². The number of hydrogen-bond donors (Lipinski definition) is 7. The average Bonchev–Trinajstić information content (AvgIpc) is 2.19. The third-order valence-corrected chi connectivity index (χ3v) is 0.250. The molecule has 0 saturated heterocycles. The zero-order chi connectivity index (χ0) is 12.9. The lowest BCUT2D eigenvalue weighted by Crippen LogP contribution is -2.13. The Morgan fingerprint density at radius 1 is 0.867 bits per heavy atom. The van der Waals surface area contributed by atoms with Crippen molar-refractivity contribution in [2.45, 2.75) is 0 Å². The van der Waals surface area contributed by atoms with Crippen LogP contribution in [0.4, 0.5) is 9.59 Å². The lowest BCUT2D eigenvalue weighted by Gasteiger charge is -1.82. The van der Waals surface area contributed by atoms with Crippen LogP contribution in [0.3, 0.4) is 0 Å². The van der Waals surface area contributed by atoms with Gasteiger partial charge in [0.05, 0.1) is 0 Å². The molecular weight excluding hydrogens is 227 g/mol. The molecule has 0 heterocycles. The van der Waals surface area contributed by atoms with Crippen LogP contribution in [0.25, 0.3) is 0 Å². The Bertz CT molecular complexity index is 140. The minimum atomic E-state index is -2.06. The molecule has 0 radical (unpaired) electrons. The monoisotopic (exact) mass is 234 g/mol. The number of carbonyl (C=O) groups is 2. The summed E-state index contributed by atoms with van der Waals surface area (Å²) in [5, 5.41) is 50.6. The van der Waals surface area contributed by atoms with Crippen LogP contribution in [0.2, 0.25) is 0 Å². The maximum Gasteiger partial charge on any atom is 0.662 e. The van der Waals surface area contributed by atoms with E-state index in [2.05, 4.69) is 14.6 Å². The van der Waals surface area contributed by atoms with Gasteiger partial charge >= 0.3 is 19.6 Å². The average molecular weight is 234 g/mol. The first-order chi connectivity index (χ1) is 6.81. The van der Waals surface area contributed by atoms with Crippen LogP contribution in [-0.4, -0.2) is 55.7 Å². The second kappa shape index (κ2) is 14.9. The molecule has 0 atom stereocenters. The van der Waals surface area contributed by atoms with E-state index in [1.54, 1.807) is 0 Å². The molecule has 90 valence electrons. The van der Waals surface area contributed by atoms with Gasteiger partial charge in [0, 0.05) is 0 Å². The largest absolute Gasteiger partial charge is 0.662 e. The van der Waals surface area contributed by atoms with Crippen molar-refractivity contribution in [3.63, 3.8) is 0 Å². The molecule has 7 N–H and O–H groups in total. The van der Waals surface area contributed by atoms with Gasteiger partial charge in [-0.05, 0) is 0 Å². The Balaban J connectivity index is -0.000000144. The number of carboxylic acid groups (broad SMARTS) is 2. The second-order valence-electron chi connectivity index (χ2n) is 1.15. The maximum absolute atomic E-state index is 8.90. The van der Waals surface area contributed by atoms with Crippen LogP contribution in [0.5, 0.6) is 0 Å². The van der Waals surface area contributed by atoms with E-state index in [-0.39, 0.29) is 0 Å². The van der Waals surface area contributed by atoms with Gasteiger partial charge in [-0.2, -0.15) is 10.5 Å². The topological polar surface area (TPSA) is 203 Å². The summed E-state index contributed by atoms with van der Waals surface area (Å²) in [5.41, 5.74) is 0. The molecule has 0 spiro atoms. The molecule has 0 bridgehead atoms. The van der Waals surface area contributed by atoms with E-state index in [4.69, 9.17) is 45.6 Å². The fourth-order valence-electron chi connectivity index (χ4n) is 0. The minimum absolute atomic E-state index is 1.69. The highest BCUT2D eigenvalue weighted by molar-refractivity contribution is 6.32. The van der Waals surface area contributed by atoms with E-state index in [1.165, 1.54) is 0 Å². The highest BCUT2D eigenvalue weighted by atomic mass is 17.1. The van der Waals surface area contributed by atoms with Gasteiger partial charge in [-0.15, -0.1) is 0 Å². The van der Waals surface area contributed by atoms with E-state index in [0.717, 1.165) is 0 Å². The standard InChI is InChI=1S/2CH2O4.BH3O4/c3*2-1(3)5-4/h2*4H,(H,2,3);2-4H. The van der Waals surface area contributed by atoms with Crippen LogP contribution in [0, 0.1) is 0 Å². The Morgan fingerprint density at radius 2 is 1.00 bits per heavy atom. The van der Waals surface area contributed by atoms with Gasteiger partial charge in [0.1, 0.15) is 0 Å². The Labute approximate surface area is 81.1 Å². The van der Waals surface area contributed by atoms with Crippen molar-refractivity contribution in [3.05, 3.63) is 0 Å². The first kappa shape index (κ1) is 19.0. The first-order valence-corrected chi connectivity index (χ1v) is 2.56. The molecule has 0 fully saturated rings. The quantitative estimate of drug-likeness (QED) is 0.161. The van der Waals surface area contributed by atoms with E-state index >= 15 is 0 Å². The summed E-state index contributed by atoms with van der Waals surface area (Å²) in [6, 6.07) is 0. The van der Waals surface area contributed by atoms with E-state index in [9.17, 15) is 0 Å². The first-order valence-electron chi connectivity index (χ1n) is 2.56. The molecule has 15 heavy (non-hydrogen) atoms. The molecule has 0 rings (SSSR count). The molecule has 0 unspecified atom stereocenters. The lowest BCUT2D eigenvalue weighted by molar-refractivity contribution is -0.194. The zero-order valence-corrected chi connectivity index (χ0v) is 6.75.